The highest BCUT2D eigenvalue weighted by Crippen LogP contribution is 2.77. The van der Waals surface area contributed by atoms with Gasteiger partial charge in [0.1, 0.15) is 12.2 Å². The summed E-state index contributed by atoms with van der Waals surface area (Å²) in [4.78, 5) is 24.4. The molecule has 1 heterocycles. The van der Waals surface area contributed by atoms with Crippen molar-refractivity contribution in [3.05, 3.63) is 0 Å². The molecule has 30 heavy (non-hydrogen) atoms. The van der Waals surface area contributed by atoms with E-state index < -0.39 is 0 Å². The third kappa shape index (κ3) is 2.48. The van der Waals surface area contributed by atoms with Crippen LogP contribution in [-0.2, 0) is 19.1 Å². The molecule has 0 bridgehead atoms. The number of carbonyl (C=O) groups is 2. The van der Waals surface area contributed by atoms with Gasteiger partial charge >= 0.3 is 5.97 Å². The Morgan fingerprint density at radius 2 is 1.83 bits per heavy atom. The lowest BCUT2D eigenvalue weighted by atomic mass is 9.42. The number of aliphatic hydroxyl groups is 1. The highest BCUT2D eigenvalue weighted by atomic mass is 16.6. The highest BCUT2D eigenvalue weighted by Gasteiger charge is 2.81. The molecule has 0 aromatic carbocycles. The van der Waals surface area contributed by atoms with Crippen LogP contribution in [0.2, 0.25) is 0 Å². The van der Waals surface area contributed by atoms with Crippen LogP contribution in [0.4, 0.5) is 0 Å². The number of Topliss-reactive ketones (excluding diaryl/α,β-unsaturated/α-hetero) is 1. The van der Waals surface area contributed by atoms with Crippen LogP contribution in [0.15, 0.2) is 0 Å². The quantitative estimate of drug-likeness (QED) is 0.556. The van der Waals surface area contributed by atoms with Crippen LogP contribution < -0.4 is 0 Å². The minimum Gasteiger partial charge on any atom is -0.458 e. The fourth-order valence-corrected chi connectivity index (χ4v) is 9.49. The number of ketones is 1. The molecule has 0 radical (unpaired) electrons. The van der Waals surface area contributed by atoms with Crippen LogP contribution in [0.1, 0.15) is 79.6 Å². The molecule has 1 N–H and O–H groups in total. The first-order chi connectivity index (χ1) is 14.0. The van der Waals surface area contributed by atoms with Crippen molar-refractivity contribution in [3.63, 3.8) is 0 Å². The Morgan fingerprint density at radius 3 is 2.53 bits per heavy atom. The van der Waals surface area contributed by atoms with Crippen molar-refractivity contribution < 1.29 is 24.2 Å². The van der Waals surface area contributed by atoms with Crippen LogP contribution in [-0.4, -0.2) is 40.8 Å². The number of carbonyl (C=O) groups excluding carboxylic acids is 2. The molecule has 5 heteroatoms. The molecule has 5 nitrogen and oxygen atoms in total. The van der Waals surface area contributed by atoms with Crippen molar-refractivity contribution in [1.82, 2.24) is 0 Å². The first-order valence-electron chi connectivity index (χ1n) is 12.0. The maximum absolute atomic E-state index is 13.1. The van der Waals surface area contributed by atoms with Crippen LogP contribution in [0.5, 0.6) is 0 Å². The average Bonchev–Trinajstić information content (AvgIpc) is 3.14. The summed E-state index contributed by atoms with van der Waals surface area (Å²) in [5, 5.41) is 10.4. The third-order valence-corrected chi connectivity index (χ3v) is 10.6. The second-order valence-electron chi connectivity index (χ2n) is 12.0. The first-order valence-corrected chi connectivity index (χ1v) is 12.0. The molecule has 0 amide bonds. The van der Waals surface area contributed by atoms with Gasteiger partial charge in [0.2, 0.25) is 0 Å². The van der Waals surface area contributed by atoms with E-state index >= 15 is 0 Å². The van der Waals surface area contributed by atoms with Gasteiger partial charge < -0.3 is 14.6 Å². The molecule has 4 aliphatic carbocycles. The summed E-state index contributed by atoms with van der Waals surface area (Å²) in [6, 6.07) is 0. The second kappa shape index (κ2) is 6.31. The van der Waals surface area contributed by atoms with E-state index in [0.717, 1.165) is 44.9 Å². The molecule has 1 aliphatic heterocycles. The van der Waals surface area contributed by atoms with E-state index in [0.29, 0.717) is 23.7 Å². The number of esters is 1. The van der Waals surface area contributed by atoms with E-state index in [-0.39, 0.29) is 52.4 Å². The molecule has 1 saturated heterocycles. The summed E-state index contributed by atoms with van der Waals surface area (Å²) in [7, 11) is 0. The number of hydrogen-bond donors (Lipinski definition) is 1. The van der Waals surface area contributed by atoms with Gasteiger partial charge in [-0.25, -0.2) is 0 Å². The maximum atomic E-state index is 13.1. The minimum absolute atomic E-state index is 0.0202. The summed E-state index contributed by atoms with van der Waals surface area (Å²) < 4.78 is 11.7. The molecule has 0 unspecified atom stereocenters. The number of ether oxygens (including phenoxy) is 2. The Kier molecular flexibility index (Phi) is 4.40. The summed E-state index contributed by atoms with van der Waals surface area (Å²) in [6.45, 7) is 10.5. The largest absolute Gasteiger partial charge is 0.458 e. The van der Waals surface area contributed by atoms with Gasteiger partial charge in [-0.3, -0.25) is 9.59 Å². The highest BCUT2D eigenvalue weighted by molar-refractivity contribution is 5.85. The Balaban J connectivity index is 1.45. The fraction of sp³-hybridized carbons (Fsp3) is 0.920. The van der Waals surface area contributed by atoms with E-state index in [2.05, 4.69) is 27.7 Å². The van der Waals surface area contributed by atoms with Crippen LogP contribution >= 0.6 is 0 Å². The molecule has 0 aromatic heterocycles. The lowest BCUT2D eigenvalue weighted by molar-refractivity contribution is -0.151. The van der Waals surface area contributed by atoms with Crippen molar-refractivity contribution in [1.29, 1.82) is 0 Å². The van der Waals surface area contributed by atoms with Crippen LogP contribution in [0.3, 0.4) is 0 Å². The van der Waals surface area contributed by atoms with Crippen molar-refractivity contribution in [2.24, 2.45) is 40.4 Å². The lowest BCUT2D eigenvalue weighted by Gasteiger charge is -2.60. The Morgan fingerprint density at radius 1 is 1.10 bits per heavy atom. The molecule has 5 aliphatic rings. The molecule has 0 aromatic rings. The molecule has 168 valence electrons. The second-order valence-corrected chi connectivity index (χ2v) is 12.0. The SMILES string of the molecule is CC(=O)OCC(=O)[C@H]1[C@H](C)C[C@H]2[C@@H]3C[C@]4(C)O[C@@]45C[C@@H](O)CC[C@]5(C)[C@H]3CC[C@@]21C. The summed E-state index contributed by atoms with van der Waals surface area (Å²) in [5.41, 5.74) is -0.186. The maximum Gasteiger partial charge on any atom is 0.303 e. The number of epoxide rings is 1. The smallest absolute Gasteiger partial charge is 0.303 e. The summed E-state index contributed by atoms with van der Waals surface area (Å²) in [5.74, 6) is 1.71. The van der Waals surface area contributed by atoms with E-state index in [4.69, 9.17) is 9.47 Å². The first kappa shape index (κ1) is 20.9. The third-order valence-electron chi connectivity index (χ3n) is 10.6. The van der Waals surface area contributed by atoms with E-state index in [1.807, 2.05) is 0 Å². The molecule has 4 saturated carbocycles. The molecular weight excluding hydrogens is 380 g/mol. The lowest BCUT2D eigenvalue weighted by Crippen LogP contribution is -2.60. The van der Waals surface area contributed by atoms with Gasteiger partial charge in [0.15, 0.2) is 5.78 Å². The number of rotatable bonds is 3. The molecule has 10 atom stereocenters. The standard InChI is InChI=1S/C25H38O5/c1-14-10-19-17-12-24(5)25(30-24)11-16(27)6-9-23(25,4)18(17)7-8-22(19,3)21(14)20(28)13-29-15(2)26/h14,16-19,21,27H,6-13H2,1-5H3/t14-,16+,17-,18+,19+,21-,22+,23-,24+,25-/m1/s1. The van der Waals surface area contributed by atoms with E-state index in [9.17, 15) is 14.7 Å². The normalized spacial score (nSPS) is 56.2. The summed E-state index contributed by atoms with van der Waals surface area (Å²) in [6.07, 6.45) is 6.79. The van der Waals surface area contributed by atoms with Gasteiger partial charge in [0, 0.05) is 24.7 Å². The van der Waals surface area contributed by atoms with E-state index in [1.54, 1.807) is 0 Å². The average molecular weight is 419 g/mol. The monoisotopic (exact) mass is 418 g/mol. The van der Waals surface area contributed by atoms with Crippen molar-refractivity contribution in [2.75, 3.05) is 6.61 Å². The Hall–Kier alpha value is -0.940. The Bertz CT molecular complexity index is 780. The number of fused-ring (bicyclic) bond motifs is 4. The minimum atomic E-state index is -0.380. The molecule has 5 fully saturated rings. The van der Waals surface area contributed by atoms with Crippen molar-refractivity contribution in [3.8, 4) is 0 Å². The van der Waals surface area contributed by atoms with Crippen LogP contribution in [0, 0.1) is 40.4 Å². The zero-order chi connectivity index (χ0) is 21.7. The molecular formula is C25H38O5. The van der Waals surface area contributed by atoms with Gasteiger partial charge in [0.05, 0.1) is 11.7 Å². The zero-order valence-electron chi connectivity index (χ0n) is 19.2. The van der Waals surface area contributed by atoms with Crippen LogP contribution in [0.25, 0.3) is 0 Å². The van der Waals surface area contributed by atoms with Gasteiger partial charge in [-0.05, 0) is 74.5 Å². The van der Waals surface area contributed by atoms with E-state index in [1.165, 1.54) is 6.92 Å². The topological polar surface area (TPSA) is 76.1 Å². The Labute approximate surface area is 180 Å². The molecule has 5 rings (SSSR count). The predicted octanol–water partition coefficient (Wildman–Crippen LogP) is 3.91. The molecule has 1 spiro atoms. The summed E-state index contributed by atoms with van der Waals surface area (Å²) >= 11 is 0. The number of aliphatic hydroxyl groups excluding tert-OH is 1. The zero-order valence-corrected chi connectivity index (χ0v) is 19.2. The predicted molar refractivity (Wildman–Crippen MR) is 112 cm³/mol. The van der Waals surface area contributed by atoms with Gasteiger partial charge in [-0.2, -0.15) is 0 Å². The van der Waals surface area contributed by atoms with Gasteiger partial charge in [-0.15, -0.1) is 0 Å². The number of hydrogen-bond acceptors (Lipinski definition) is 5. The van der Waals surface area contributed by atoms with Crippen molar-refractivity contribution >= 4 is 11.8 Å². The van der Waals surface area contributed by atoms with Gasteiger partial charge in [-0.1, -0.05) is 20.8 Å². The fourth-order valence-electron chi connectivity index (χ4n) is 9.49. The van der Waals surface area contributed by atoms with Crippen molar-refractivity contribution in [2.45, 2.75) is 96.9 Å². The van der Waals surface area contributed by atoms with Gasteiger partial charge in [0.25, 0.3) is 0 Å².